The van der Waals surface area contributed by atoms with E-state index in [1.165, 1.54) is 0 Å². The molecule has 1 aromatic rings. The maximum Gasteiger partial charge on any atom is 0.135 e. The summed E-state index contributed by atoms with van der Waals surface area (Å²) in [6.45, 7) is 2.73. The lowest BCUT2D eigenvalue weighted by Crippen LogP contribution is -1.99. The number of ether oxygens (including phenoxy) is 1. The van der Waals surface area contributed by atoms with E-state index in [4.69, 9.17) is 16.2 Å². The van der Waals surface area contributed by atoms with Crippen LogP contribution in [-0.2, 0) is 0 Å². The number of nitrogens with two attached hydrogens (primary N) is 2. The Bertz CT molecular complexity index is 302. The topological polar surface area (TPSA) is 61.3 Å². The normalized spacial score (nSPS) is 10.0. The lowest BCUT2D eigenvalue weighted by atomic mass is 10.2. The van der Waals surface area contributed by atoms with Crippen molar-refractivity contribution in [3.05, 3.63) is 16.6 Å². The molecule has 13 heavy (non-hydrogen) atoms. The van der Waals surface area contributed by atoms with E-state index < -0.39 is 0 Å². The summed E-state index contributed by atoms with van der Waals surface area (Å²) in [5.41, 5.74) is 12.4. The van der Waals surface area contributed by atoms with Crippen molar-refractivity contribution < 1.29 is 4.74 Å². The Morgan fingerprint density at radius 3 is 2.54 bits per heavy atom. The van der Waals surface area contributed by atoms with Crippen LogP contribution in [0.4, 0.5) is 11.4 Å². The molecule has 0 aliphatic heterocycles. The molecule has 0 aromatic heterocycles. The van der Waals surface area contributed by atoms with Gasteiger partial charge in [0.1, 0.15) is 5.75 Å². The second-order valence-corrected chi connectivity index (χ2v) is 3.61. The van der Waals surface area contributed by atoms with Gasteiger partial charge in [0, 0.05) is 6.07 Å². The van der Waals surface area contributed by atoms with Gasteiger partial charge in [0.25, 0.3) is 0 Å². The number of rotatable bonds is 3. The Kier molecular flexibility index (Phi) is 3.42. The van der Waals surface area contributed by atoms with Gasteiger partial charge in [-0.15, -0.1) is 0 Å². The number of anilines is 2. The third-order valence-electron chi connectivity index (χ3n) is 1.60. The van der Waals surface area contributed by atoms with E-state index in [2.05, 4.69) is 22.9 Å². The highest BCUT2D eigenvalue weighted by atomic mass is 79.9. The second kappa shape index (κ2) is 4.37. The lowest BCUT2D eigenvalue weighted by Gasteiger charge is -2.09. The maximum absolute atomic E-state index is 5.64. The van der Waals surface area contributed by atoms with Gasteiger partial charge >= 0.3 is 0 Å². The molecule has 3 nitrogen and oxygen atoms in total. The van der Waals surface area contributed by atoms with Gasteiger partial charge in [-0.3, -0.25) is 0 Å². The first kappa shape index (κ1) is 10.2. The molecule has 0 bridgehead atoms. The highest BCUT2D eigenvalue weighted by molar-refractivity contribution is 9.10. The van der Waals surface area contributed by atoms with Crippen LogP contribution in [0, 0.1) is 0 Å². The maximum atomic E-state index is 5.64. The van der Waals surface area contributed by atoms with Crippen LogP contribution in [0.25, 0.3) is 0 Å². The molecule has 1 aromatic carbocycles. The zero-order chi connectivity index (χ0) is 9.84. The molecule has 0 aliphatic carbocycles. The standard InChI is InChI=1S/C9H13BrN2O/c1-2-3-13-9-5-8(12)7(11)4-6(9)10/h4-5H,2-3,11-12H2,1H3. The summed E-state index contributed by atoms with van der Waals surface area (Å²) in [6, 6.07) is 3.48. The summed E-state index contributed by atoms with van der Waals surface area (Å²) >= 11 is 3.35. The van der Waals surface area contributed by atoms with Crippen LogP contribution in [0.15, 0.2) is 16.6 Å². The average Bonchev–Trinajstić information content (AvgIpc) is 2.09. The first-order chi connectivity index (χ1) is 6.15. The summed E-state index contributed by atoms with van der Waals surface area (Å²) in [5, 5.41) is 0. The molecule has 0 amide bonds. The van der Waals surface area contributed by atoms with Gasteiger partial charge in [0.2, 0.25) is 0 Å². The molecule has 0 saturated heterocycles. The van der Waals surface area contributed by atoms with Crippen LogP contribution >= 0.6 is 15.9 Å². The smallest absolute Gasteiger partial charge is 0.135 e. The Hall–Kier alpha value is -0.900. The summed E-state index contributed by atoms with van der Waals surface area (Å²) < 4.78 is 6.28. The van der Waals surface area contributed by atoms with Crippen molar-refractivity contribution >= 4 is 27.3 Å². The monoisotopic (exact) mass is 244 g/mol. The van der Waals surface area contributed by atoms with Crippen LogP contribution < -0.4 is 16.2 Å². The molecule has 0 heterocycles. The van der Waals surface area contributed by atoms with Crippen molar-refractivity contribution in [2.45, 2.75) is 13.3 Å². The minimum atomic E-state index is 0.550. The van der Waals surface area contributed by atoms with Gasteiger partial charge in [0.05, 0.1) is 22.5 Å². The minimum Gasteiger partial charge on any atom is -0.492 e. The van der Waals surface area contributed by atoms with E-state index in [1.54, 1.807) is 12.1 Å². The van der Waals surface area contributed by atoms with Gasteiger partial charge in [-0.1, -0.05) is 6.92 Å². The molecule has 0 radical (unpaired) electrons. The van der Waals surface area contributed by atoms with Crippen LogP contribution in [-0.4, -0.2) is 6.61 Å². The number of halogens is 1. The van der Waals surface area contributed by atoms with E-state index in [9.17, 15) is 0 Å². The predicted octanol–water partition coefficient (Wildman–Crippen LogP) is 2.40. The molecule has 4 heteroatoms. The van der Waals surface area contributed by atoms with E-state index in [1.807, 2.05) is 0 Å². The van der Waals surface area contributed by atoms with Crippen molar-refractivity contribution in [1.82, 2.24) is 0 Å². The highest BCUT2D eigenvalue weighted by Gasteiger charge is 2.04. The SMILES string of the molecule is CCCOc1cc(N)c(N)cc1Br. The van der Waals surface area contributed by atoms with Crippen LogP contribution in [0.2, 0.25) is 0 Å². The second-order valence-electron chi connectivity index (χ2n) is 2.76. The number of benzene rings is 1. The molecule has 0 fully saturated rings. The van der Waals surface area contributed by atoms with E-state index in [0.29, 0.717) is 18.0 Å². The fourth-order valence-electron chi connectivity index (χ4n) is 0.907. The summed E-state index contributed by atoms with van der Waals surface area (Å²) in [5.74, 6) is 0.744. The van der Waals surface area contributed by atoms with Crippen molar-refractivity contribution in [2.75, 3.05) is 18.1 Å². The lowest BCUT2D eigenvalue weighted by molar-refractivity contribution is 0.316. The Morgan fingerprint density at radius 1 is 1.31 bits per heavy atom. The van der Waals surface area contributed by atoms with Crippen LogP contribution in [0.1, 0.15) is 13.3 Å². The first-order valence-corrected chi connectivity index (χ1v) is 4.91. The molecule has 1 rings (SSSR count). The van der Waals surface area contributed by atoms with Gasteiger partial charge in [0.15, 0.2) is 0 Å². The van der Waals surface area contributed by atoms with Crippen molar-refractivity contribution in [3.63, 3.8) is 0 Å². The molecule has 0 spiro atoms. The molecule has 0 unspecified atom stereocenters. The zero-order valence-electron chi connectivity index (χ0n) is 7.51. The highest BCUT2D eigenvalue weighted by Crippen LogP contribution is 2.31. The van der Waals surface area contributed by atoms with Gasteiger partial charge < -0.3 is 16.2 Å². The molecule has 72 valence electrons. The van der Waals surface area contributed by atoms with Crippen LogP contribution in [0.3, 0.4) is 0 Å². The van der Waals surface area contributed by atoms with Gasteiger partial charge in [-0.2, -0.15) is 0 Å². The number of nitrogen functional groups attached to an aromatic ring is 2. The fourth-order valence-corrected chi connectivity index (χ4v) is 1.38. The van der Waals surface area contributed by atoms with Gasteiger partial charge in [-0.25, -0.2) is 0 Å². The van der Waals surface area contributed by atoms with Crippen molar-refractivity contribution in [3.8, 4) is 5.75 Å². The van der Waals surface area contributed by atoms with Gasteiger partial charge in [-0.05, 0) is 28.4 Å². The third kappa shape index (κ3) is 2.52. The summed E-state index contributed by atoms with van der Waals surface area (Å²) in [6.07, 6.45) is 0.969. The fraction of sp³-hybridized carbons (Fsp3) is 0.333. The third-order valence-corrected chi connectivity index (χ3v) is 2.22. The average molecular weight is 245 g/mol. The molecular weight excluding hydrogens is 232 g/mol. The molecule has 0 saturated carbocycles. The molecule has 0 atom stereocenters. The van der Waals surface area contributed by atoms with Crippen molar-refractivity contribution in [2.24, 2.45) is 0 Å². The van der Waals surface area contributed by atoms with E-state index in [-0.39, 0.29) is 0 Å². The molecular formula is C9H13BrN2O. The Morgan fingerprint density at radius 2 is 1.92 bits per heavy atom. The minimum absolute atomic E-state index is 0.550. The largest absolute Gasteiger partial charge is 0.492 e. The van der Waals surface area contributed by atoms with E-state index in [0.717, 1.165) is 16.6 Å². The Balaban J connectivity index is 2.88. The van der Waals surface area contributed by atoms with Crippen molar-refractivity contribution in [1.29, 1.82) is 0 Å². The number of hydrogen-bond donors (Lipinski definition) is 2. The Labute approximate surface area is 86.2 Å². The zero-order valence-corrected chi connectivity index (χ0v) is 9.10. The number of hydrogen-bond acceptors (Lipinski definition) is 3. The molecule has 0 aliphatic rings. The first-order valence-electron chi connectivity index (χ1n) is 4.12. The summed E-state index contributed by atoms with van der Waals surface area (Å²) in [4.78, 5) is 0. The quantitative estimate of drug-likeness (QED) is 0.804. The van der Waals surface area contributed by atoms with Crippen LogP contribution in [0.5, 0.6) is 5.75 Å². The summed E-state index contributed by atoms with van der Waals surface area (Å²) in [7, 11) is 0. The predicted molar refractivity (Wildman–Crippen MR) is 58.8 cm³/mol. The van der Waals surface area contributed by atoms with E-state index >= 15 is 0 Å². The molecule has 4 N–H and O–H groups in total.